The van der Waals surface area contributed by atoms with Crippen LogP contribution in [0.4, 0.5) is 0 Å². The Labute approximate surface area is 77.2 Å². The topological polar surface area (TPSA) is 26.0 Å². The average Bonchev–Trinajstić information content (AvgIpc) is 1.80. The minimum Gasteiger partial charge on any atom is -0.325 e. The van der Waals surface area contributed by atoms with Crippen molar-refractivity contribution in [3.8, 4) is 0 Å². The van der Waals surface area contributed by atoms with Crippen LogP contribution in [0.1, 0.15) is 47.0 Å². The van der Waals surface area contributed by atoms with Gasteiger partial charge in [0.05, 0.1) is 0 Å². The van der Waals surface area contributed by atoms with Crippen LogP contribution in [0.15, 0.2) is 0 Å². The quantitative estimate of drug-likeness (QED) is 0.706. The van der Waals surface area contributed by atoms with Crippen LogP contribution in [0.2, 0.25) is 0 Å². The lowest BCUT2D eigenvalue weighted by Crippen LogP contribution is -2.39. The molecule has 0 aliphatic rings. The first kappa shape index (κ1) is 13.8. The van der Waals surface area contributed by atoms with Gasteiger partial charge in [-0.1, -0.05) is 26.7 Å². The molecule has 70 valence electrons. The minimum absolute atomic E-state index is 0. The van der Waals surface area contributed by atoms with E-state index in [1.165, 1.54) is 19.3 Å². The second kappa shape index (κ2) is 5.84. The van der Waals surface area contributed by atoms with Crippen LogP contribution < -0.4 is 5.73 Å². The molecular weight excluding hydrogens is 158 g/mol. The van der Waals surface area contributed by atoms with E-state index in [1.807, 2.05) is 0 Å². The van der Waals surface area contributed by atoms with E-state index in [-0.39, 0.29) is 17.9 Å². The Morgan fingerprint density at radius 1 is 1.36 bits per heavy atom. The van der Waals surface area contributed by atoms with Crippen LogP contribution in [0, 0.1) is 5.92 Å². The van der Waals surface area contributed by atoms with E-state index in [0.29, 0.717) is 5.92 Å². The van der Waals surface area contributed by atoms with Crippen molar-refractivity contribution in [1.82, 2.24) is 0 Å². The van der Waals surface area contributed by atoms with E-state index in [2.05, 4.69) is 27.7 Å². The van der Waals surface area contributed by atoms with Crippen LogP contribution in [-0.2, 0) is 0 Å². The highest BCUT2D eigenvalue weighted by atomic mass is 35.5. The van der Waals surface area contributed by atoms with Gasteiger partial charge in [-0.05, 0) is 26.2 Å². The third-order valence-corrected chi connectivity index (χ3v) is 2.26. The molecule has 1 nitrogen and oxygen atoms in total. The van der Waals surface area contributed by atoms with E-state index in [4.69, 9.17) is 5.73 Å². The fourth-order valence-corrected chi connectivity index (χ4v) is 0.882. The first-order valence-corrected chi connectivity index (χ1v) is 4.27. The Bertz CT molecular complexity index is 86.1. The van der Waals surface area contributed by atoms with Crippen LogP contribution in [0.25, 0.3) is 0 Å². The number of rotatable bonds is 4. The summed E-state index contributed by atoms with van der Waals surface area (Å²) in [5.41, 5.74) is 5.93. The third kappa shape index (κ3) is 6.64. The van der Waals surface area contributed by atoms with E-state index < -0.39 is 0 Å². The predicted molar refractivity (Wildman–Crippen MR) is 54.2 cm³/mol. The third-order valence-electron chi connectivity index (χ3n) is 2.26. The van der Waals surface area contributed by atoms with E-state index in [0.717, 1.165) is 0 Å². The fraction of sp³-hybridized carbons (Fsp3) is 1.00. The van der Waals surface area contributed by atoms with E-state index >= 15 is 0 Å². The summed E-state index contributed by atoms with van der Waals surface area (Å²) in [5.74, 6) is 0.646. The number of hydrogen-bond acceptors (Lipinski definition) is 1. The first-order valence-electron chi connectivity index (χ1n) is 4.27. The number of hydrogen-bond donors (Lipinski definition) is 1. The van der Waals surface area contributed by atoms with Crippen molar-refractivity contribution >= 4 is 12.4 Å². The summed E-state index contributed by atoms with van der Waals surface area (Å²) in [4.78, 5) is 0. The second-order valence-corrected chi connectivity index (χ2v) is 3.86. The number of halogens is 1. The second-order valence-electron chi connectivity index (χ2n) is 3.86. The maximum absolute atomic E-state index is 5.92. The van der Waals surface area contributed by atoms with Gasteiger partial charge in [0, 0.05) is 5.54 Å². The van der Waals surface area contributed by atoms with Crippen molar-refractivity contribution in [3.63, 3.8) is 0 Å². The van der Waals surface area contributed by atoms with Gasteiger partial charge in [-0.3, -0.25) is 0 Å². The highest BCUT2D eigenvalue weighted by Crippen LogP contribution is 2.18. The number of nitrogens with two attached hydrogens (primary N) is 1. The summed E-state index contributed by atoms with van der Waals surface area (Å²) >= 11 is 0. The molecule has 2 heteroatoms. The largest absolute Gasteiger partial charge is 0.325 e. The number of unbranched alkanes of at least 4 members (excludes halogenated alkanes) is 1. The molecule has 0 saturated heterocycles. The molecule has 0 radical (unpaired) electrons. The molecule has 11 heavy (non-hydrogen) atoms. The zero-order valence-electron chi connectivity index (χ0n) is 8.18. The molecule has 0 aliphatic heterocycles. The van der Waals surface area contributed by atoms with Crippen molar-refractivity contribution in [1.29, 1.82) is 0 Å². The smallest absolute Gasteiger partial charge is 0.0123 e. The Morgan fingerprint density at radius 3 is 2.09 bits per heavy atom. The maximum Gasteiger partial charge on any atom is 0.0123 e. The summed E-state index contributed by atoms with van der Waals surface area (Å²) in [6.07, 6.45) is 3.85. The molecule has 0 spiro atoms. The van der Waals surface area contributed by atoms with Crippen molar-refractivity contribution in [2.45, 2.75) is 52.5 Å². The summed E-state index contributed by atoms with van der Waals surface area (Å²) in [6.45, 7) is 8.66. The van der Waals surface area contributed by atoms with Gasteiger partial charge in [0.15, 0.2) is 0 Å². The molecule has 0 amide bonds. The van der Waals surface area contributed by atoms with Gasteiger partial charge < -0.3 is 5.73 Å². The van der Waals surface area contributed by atoms with Gasteiger partial charge in [-0.15, -0.1) is 12.4 Å². The summed E-state index contributed by atoms with van der Waals surface area (Å²) in [6, 6.07) is 0. The van der Waals surface area contributed by atoms with Crippen molar-refractivity contribution in [2.75, 3.05) is 0 Å². The van der Waals surface area contributed by atoms with Gasteiger partial charge in [0.1, 0.15) is 0 Å². The Kier molecular flexibility index (Phi) is 7.34. The minimum atomic E-state index is 0. The molecule has 0 saturated carbocycles. The van der Waals surface area contributed by atoms with Gasteiger partial charge in [-0.2, -0.15) is 0 Å². The van der Waals surface area contributed by atoms with Crippen LogP contribution in [0.3, 0.4) is 0 Å². The Balaban J connectivity index is 0. The molecule has 0 rings (SSSR count). The van der Waals surface area contributed by atoms with Gasteiger partial charge in [0.2, 0.25) is 0 Å². The lowest BCUT2D eigenvalue weighted by molar-refractivity contribution is 0.319. The standard InChI is InChI=1S/C9H21N.ClH/c1-5-6-7-8(2)9(3,4)10;/h8H,5-7,10H2,1-4H3;1H. The van der Waals surface area contributed by atoms with Gasteiger partial charge >= 0.3 is 0 Å². The SMILES string of the molecule is CCCCC(C)C(C)(C)N.Cl. The van der Waals surface area contributed by atoms with Crippen molar-refractivity contribution in [2.24, 2.45) is 11.7 Å². The van der Waals surface area contributed by atoms with E-state index in [9.17, 15) is 0 Å². The zero-order chi connectivity index (χ0) is 8.20. The molecule has 0 aromatic rings. The van der Waals surface area contributed by atoms with Crippen LogP contribution in [0.5, 0.6) is 0 Å². The highest BCUT2D eigenvalue weighted by Gasteiger charge is 2.18. The fourth-order valence-electron chi connectivity index (χ4n) is 0.882. The van der Waals surface area contributed by atoms with Crippen molar-refractivity contribution in [3.05, 3.63) is 0 Å². The van der Waals surface area contributed by atoms with Gasteiger partial charge in [-0.25, -0.2) is 0 Å². The lowest BCUT2D eigenvalue weighted by Gasteiger charge is -2.26. The summed E-state index contributed by atoms with van der Waals surface area (Å²) in [5, 5.41) is 0. The molecule has 0 aliphatic carbocycles. The molecule has 1 atom stereocenters. The molecule has 0 bridgehead atoms. The Morgan fingerprint density at radius 2 is 1.82 bits per heavy atom. The van der Waals surface area contributed by atoms with Crippen LogP contribution >= 0.6 is 12.4 Å². The lowest BCUT2D eigenvalue weighted by atomic mass is 9.86. The Hall–Kier alpha value is 0.250. The first-order chi connectivity index (χ1) is 4.48. The molecule has 1 unspecified atom stereocenters. The molecule has 0 aromatic carbocycles. The summed E-state index contributed by atoms with van der Waals surface area (Å²) < 4.78 is 0. The molecule has 0 heterocycles. The summed E-state index contributed by atoms with van der Waals surface area (Å²) in [7, 11) is 0. The highest BCUT2D eigenvalue weighted by molar-refractivity contribution is 5.85. The van der Waals surface area contributed by atoms with Crippen LogP contribution in [-0.4, -0.2) is 5.54 Å². The molecule has 2 N–H and O–H groups in total. The molecule has 0 aromatic heterocycles. The normalized spacial score (nSPS) is 13.9. The monoisotopic (exact) mass is 179 g/mol. The van der Waals surface area contributed by atoms with Crippen molar-refractivity contribution < 1.29 is 0 Å². The predicted octanol–water partition coefficient (Wildman–Crippen LogP) is 2.97. The van der Waals surface area contributed by atoms with E-state index in [1.54, 1.807) is 0 Å². The zero-order valence-corrected chi connectivity index (χ0v) is 9.00. The maximum atomic E-state index is 5.92. The van der Waals surface area contributed by atoms with Gasteiger partial charge in [0.25, 0.3) is 0 Å². The molecular formula is C9H22ClN. The average molecular weight is 180 g/mol. The molecule has 0 fully saturated rings.